The normalized spacial score (nSPS) is 20.2. The minimum absolute atomic E-state index is 0.712. The van der Waals surface area contributed by atoms with Gasteiger partial charge in [-0.2, -0.15) is 0 Å². The van der Waals surface area contributed by atoms with E-state index in [0.717, 1.165) is 24.9 Å². The van der Waals surface area contributed by atoms with Gasteiger partial charge in [0, 0.05) is 6.61 Å². The van der Waals surface area contributed by atoms with Crippen LogP contribution in [0.25, 0.3) is 11.1 Å². The van der Waals surface area contributed by atoms with Crippen LogP contribution in [0.3, 0.4) is 0 Å². The first-order chi connectivity index (χ1) is 13.3. The van der Waals surface area contributed by atoms with E-state index in [1.165, 1.54) is 54.4 Å². The standard InChI is InChI=1S/C26H34O/c1-3-5-6-21-7-11-23(12-8-21)25-15-17-26(18-16-25)24-13-9-22(10-14-24)20-27-19-4-2/h3,5,9-10,13-18,21,23H,4,6-8,11-12,19-20H2,1-2H3/b5-3+/t21-,23-. The molecule has 0 heterocycles. The molecule has 0 saturated heterocycles. The highest BCUT2D eigenvalue weighted by atomic mass is 16.5. The number of hydrogen-bond donors (Lipinski definition) is 0. The van der Waals surface area contributed by atoms with Crippen molar-refractivity contribution in [2.75, 3.05) is 6.61 Å². The van der Waals surface area contributed by atoms with Gasteiger partial charge in [-0.15, -0.1) is 0 Å². The van der Waals surface area contributed by atoms with Gasteiger partial charge in [-0.3, -0.25) is 0 Å². The van der Waals surface area contributed by atoms with E-state index in [0.29, 0.717) is 6.61 Å². The summed E-state index contributed by atoms with van der Waals surface area (Å²) >= 11 is 0. The molecule has 0 N–H and O–H groups in total. The van der Waals surface area contributed by atoms with Crippen molar-refractivity contribution in [1.82, 2.24) is 0 Å². The molecular formula is C26H34O. The molecule has 2 aromatic carbocycles. The summed E-state index contributed by atoms with van der Waals surface area (Å²) in [6.45, 7) is 5.81. The lowest BCUT2D eigenvalue weighted by Crippen LogP contribution is -2.12. The minimum Gasteiger partial charge on any atom is -0.377 e. The van der Waals surface area contributed by atoms with Crippen LogP contribution in [-0.4, -0.2) is 6.61 Å². The van der Waals surface area contributed by atoms with Crippen molar-refractivity contribution in [3.8, 4) is 11.1 Å². The summed E-state index contributed by atoms with van der Waals surface area (Å²) in [6, 6.07) is 18.1. The van der Waals surface area contributed by atoms with Crippen molar-refractivity contribution in [3.63, 3.8) is 0 Å². The molecule has 1 fully saturated rings. The summed E-state index contributed by atoms with van der Waals surface area (Å²) in [7, 11) is 0. The van der Waals surface area contributed by atoms with Crippen LogP contribution in [0.5, 0.6) is 0 Å². The van der Waals surface area contributed by atoms with E-state index in [1.54, 1.807) is 0 Å². The molecule has 2 aromatic rings. The van der Waals surface area contributed by atoms with Crippen molar-refractivity contribution >= 4 is 0 Å². The van der Waals surface area contributed by atoms with Crippen LogP contribution in [0, 0.1) is 5.92 Å². The fourth-order valence-electron chi connectivity index (χ4n) is 4.14. The van der Waals surface area contributed by atoms with Gasteiger partial charge in [0.2, 0.25) is 0 Å². The SMILES string of the molecule is C/C=C/C[C@H]1CC[C@H](c2ccc(-c3ccc(COCCC)cc3)cc2)CC1. The molecule has 1 aliphatic carbocycles. The Morgan fingerprint density at radius 3 is 2.11 bits per heavy atom. The Bertz CT molecular complexity index is 688. The summed E-state index contributed by atoms with van der Waals surface area (Å²) < 4.78 is 5.62. The lowest BCUT2D eigenvalue weighted by atomic mass is 9.77. The maximum Gasteiger partial charge on any atom is 0.0716 e. The number of rotatable bonds is 8. The Balaban J connectivity index is 1.56. The van der Waals surface area contributed by atoms with Gasteiger partial charge >= 0.3 is 0 Å². The zero-order chi connectivity index (χ0) is 18.9. The number of allylic oxidation sites excluding steroid dienone is 2. The smallest absolute Gasteiger partial charge is 0.0716 e. The Labute approximate surface area is 165 Å². The fraction of sp³-hybridized carbons (Fsp3) is 0.462. The van der Waals surface area contributed by atoms with Crippen LogP contribution in [0.4, 0.5) is 0 Å². The number of ether oxygens (including phenoxy) is 1. The van der Waals surface area contributed by atoms with E-state index in [1.807, 2.05) is 0 Å². The average molecular weight is 363 g/mol. The van der Waals surface area contributed by atoms with E-state index in [2.05, 4.69) is 74.5 Å². The van der Waals surface area contributed by atoms with Gasteiger partial charge in [0.05, 0.1) is 6.61 Å². The van der Waals surface area contributed by atoms with Gasteiger partial charge in [-0.1, -0.05) is 67.6 Å². The van der Waals surface area contributed by atoms with E-state index in [-0.39, 0.29) is 0 Å². The molecule has 0 aromatic heterocycles. The van der Waals surface area contributed by atoms with Crippen molar-refractivity contribution in [2.45, 2.75) is 64.9 Å². The Kier molecular flexibility index (Phi) is 7.71. The van der Waals surface area contributed by atoms with Crippen molar-refractivity contribution in [3.05, 3.63) is 71.8 Å². The second-order valence-electron chi connectivity index (χ2n) is 7.89. The van der Waals surface area contributed by atoms with Crippen LogP contribution >= 0.6 is 0 Å². The van der Waals surface area contributed by atoms with Gasteiger partial charge in [-0.05, 0) is 79.5 Å². The first kappa shape index (κ1) is 19.9. The largest absolute Gasteiger partial charge is 0.377 e. The first-order valence-electron chi connectivity index (χ1n) is 10.7. The molecule has 0 spiro atoms. The van der Waals surface area contributed by atoms with Gasteiger partial charge < -0.3 is 4.74 Å². The fourth-order valence-corrected chi connectivity index (χ4v) is 4.14. The van der Waals surface area contributed by atoms with Crippen LogP contribution in [-0.2, 0) is 11.3 Å². The molecular weight excluding hydrogens is 328 g/mol. The lowest BCUT2D eigenvalue weighted by Gasteiger charge is -2.28. The summed E-state index contributed by atoms with van der Waals surface area (Å²) in [5.74, 6) is 1.65. The third-order valence-electron chi connectivity index (χ3n) is 5.84. The zero-order valence-electron chi connectivity index (χ0n) is 17.0. The van der Waals surface area contributed by atoms with Crippen molar-refractivity contribution < 1.29 is 4.74 Å². The zero-order valence-corrected chi connectivity index (χ0v) is 17.0. The molecule has 1 heteroatoms. The molecule has 0 atom stereocenters. The molecule has 144 valence electrons. The molecule has 1 aliphatic rings. The van der Waals surface area contributed by atoms with Crippen molar-refractivity contribution in [2.24, 2.45) is 5.92 Å². The highest BCUT2D eigenvalue weighted by molar-refractivity contribution is 5.64. The highest BCUT2D eigenvalue weighted by Gasteiger charge is 2.21. The molecule has 27 heavy (non-hydrogen) atoms. The Morgan fingerprint density at radius 1 is 0.889 bits per heavy atom. The second-order valence-corrected chi connectivity index (χ2v) is 7.89. The lowest BCUT2D eigenvalue weighted by molar-refractivity contribution is 0.121. The molecule has 0 aliphatic heterocycles. The Hall–Kier alpha value is -1.86. The third kappa shape index (κ3) is 5.81. The molecule has 0 radical (unpaired) electrons. The molecule has 0 bridgehead atoms. The van der Waals surface area contributed by atoms with E-state index in [4.69, 9.17) is 4.74 Å². The van der Waals surface area contributed by atoms with E-state index >= 15 is 0 Å². The molecule has 1 saturated carbocycles. The topological polar surface area (TPSA) is 9.23 Å². The van der Waals surface area contributed by atoms with Crippen LogP contribution in [0.1, 0.15) is 69.4 Å². The van der Waals surface area contributed by atoms with Gasteiger partial charge in [0.15, 0.2) is 0 Å². The third-order valence-corrected chi connectivity index (χ3v) is 5.84. The predicted molar refractivity (Wildman–Crippen MR) is 116 cm³/mol. The Morgan fingerprint density at radius 2 is 1.52 bits per heavy atom. The van der Waals surface area contributed by atoms with Gasteiger partial charge in [-0.25, -0.2) is 0 Å². The molecule has 0 amide bonds. The summed E-state index contributed by atoms with van der Waals surface area (Å²) in [6.07, 6.45) is 12.3. The number of hydrogen-bond acceptors (Lipinski definition) is 1. The van der Waals surface area contributed by atoms with Crippen LogP contribution in [0.15, 0.2) is 60.7 Å². The second kappa shape index (κ2) is 10.5. The van der Waals surface area contributed by atoms with Gasteiger partial charge in [0.1, 0.15) is 0 Å². The van der Waals surface area contributed by atoms with E-state index in [9.17, 15) is 0 Å². The van der Waals surface area contributed by atoms with E-state index < -0.39 is 0 Å². The quantitative estimate of drug-likeness (QED) is 0.348. The predicted octanol–water partition coefficient (Wildman–Crippen LogP) is 7.52. The molecule has 0 unspecified atom stereocenters. The molecule has 3 rings (SSSR count). The maximum absolute atomic E-state index is 5.62. The first-order valence-corrected chi connectivity index (χ1v) is 10.7. The molecule has 1 nitrogen and oxygen atoms in total. The van der Waals surface area contributed by atoms with Crippen LogP contribution in [0.2, 0.25) is 0 Å². The van der Waals surface area contributed by atoms with Crippen molar-refractivity contribution in [1.29, 1.82) is 0 Å². The maximum atomic E-state index is 5.62. The summed E-state index contributed by atoms with van der Waals surface area (Å²) in [5.41, 5.74) is 5.36. The monoisotopic (exact) mass is 362 g/mol. The van der Waals surface area contributed by atoms with Gasteiger partial charge in [0.25, 0.3) is 0 Å². The number of benzene rings is 2. The van der Waals surface area contributed by atoms with Crippen LogP contribution < -0.4 is 0 Å². The summed E-state index contributed by atoms with van der Waals surface area (Å²) in [5, 5.41) is 0. The highest BCUT2D eigenvalue weighted by Crippen LogP contribution is 2.37. The summed E-state index contributed by atoms with van der Waals surface area (Å²) in [4.78, 5) is 0. The average Bonchev–Trinajstić information content (AvgIpc) is 2.73. The minimum atomic E-state index is 0.712.